The average Bonchev–Trinajstić information content (AvgIpc) is 2.49. The van der Waals surface area contributed by atoms with E-state index in [0.717, 1.165) is 18.1 Å². The van der Waals surface area contributed by atoms with Crippen LogP contribution in [0.25, 0.3) is 0 Å². The van der Waals surface area contributed by atoms with Crippen LogP contribution in [0.4, 0.5) is 11.4 Å². The molecule has 1 spiro atoms. The normalized spacial score (nSPS) is 22.2. The molecule has 1 N–H and O–H groups in total. The van der Waals surface area contributed by atoms with E-state index in [9.17, 15) is 0 Å². The Balaban J connectivity index is 1.93. The van der Waals surface area contributed by atoms with Gasteiger partial charge in [0.1, 0.15) is 0 Å². The second kappa shape index (κ2) is 4.65. The molecule has 0 aromatic heterocycles. The largest absolute Gasteiger partial charge is 0.383 e. The Labute approximate surface area is 114 Å². The molecule has 0 amide bonds. The molecule has 0 unspecified atom stereocenters. The Morgan fingerprint density at radius 3 is 2.78 bits per heavy atom. The first-order valence-corrected chi connectivity index (χ1v) is 7.32. The highest BCUT2D eigenvalue weighted by Crippen LogP contribution is 2.43. The van der Waals surface area contributed by atoms with E-state index in [1.807, 2.05) is 12.1 Å². The maximum atomic E-state index is 6.36. The molecule has 0 bridgehead atoms. The zero-order valence-electron chi connectivity index (χ0n) is 11.0. The van der Waals surface area contributed by atoms with E-state index >= 15 is 0 Å². The minimum atomic E-state index is 0.440. The lowest BCUT2D eigenvalue weighted by Crippen LogP contribution is -2.40. The number of halogens is 1. The van der Waals surface area contributed by atoms with Gasteiger partial charge in [-0.15, -0.1) is 0 Å². The maximum absolute atomic E-state index is 6.36. The fourth-order valence-corrected chi connectivity index (χ4v) is 3.92. The van der Waals surface area contributed by atoms with E-state index < -0.39 is 0 Å². The van der Waals surface area contributed by atoms with Crippen LogP contribution in [0.3, 0.4) is 0 Å². The number of hydrogen-bond acceptors (Lipinski definition) is 2. The van der Waals surface area contributed by atoms with Gasteiger partial charge >= 0.3 is 0 Å². The summed E-state index contributed by atoms with van der Waals surface area (Å²) >= 11 is 6.36. The Morgan fingerprint density at radius 2 is 2.00 bits per heavy atom. The van der Waals surface area contributed by atoms with Crippen molar-refractivity contribution in [3.8, 4) is 0 Å². The third-order valence-corrected chi connectivity index (χ3v) is 4.81. The molecule has 1 fully saturated rings. The molecular formula is C15H21ClN2. The Kier molecular flexibility index (Phi) is 3.14. The van der Waals surface area contributed by atoms with Gasteiger partial charge in [0.2, 0.25) is 0 Å². The van der Waals surface area contributed by atoms with Crippen molar-refractivity contribution in [3.63, 3.8) is 0 Å². The van der Waals surface area contributed by atoms with Crippen molar-refractivity contribution < 1.29 is 0 Å². The summed E-state index contributed by atoms with van der Waals surface area (Å²) in [7, 11) is 2.17. The van der Waals surface area contributed by atoms with Gasteiger partial charge in [0.15, 0.2) is 0 Å². The zero-order valence-corrected chi connectivity index (χ0v) is 11.8. The highest BCUT2D eigenvalue weighted by atomic mass is 35.5. The molecule has 18 heavy (non-hydrogen) atoms. The van der Waals surface area contributed by atoms with Crippen molar-refractivity contribution in [2.75, 3.05) is 30.4 Å². The molecule has 0 radical (unpaired) electrons. The Hall–Kier alpha value is -0.890. The first kappa shape index (κ1) is 12.2. The molecule has 3 rings (SSSR count). The van der Waals surface area contributed by atoms with Crippen molar-refractivity contribution in [3.05, 3.63) is 23.2 Å². The lowest BCUT2D eigenvalue weighted by molar-refractivity contribution is 0.215. The predicted octanol–water partition coefficient (Wildman–Crippen LogP) is 4.15. The van der Waals surface area contributed by atoms with E-state index in [1.54, 1.807) is 0 Å². The molecule has 1 aromatic carbocycles. The van der Waals surface area contributed by atoms with Crippen LogP contribution in [0.1, 0.15) is 32.1 Å². The second-order valence-electron chi connectivity index (χ2n) is 5.91. The van der Waals surface area contributed by atoms with Crippen molar-refractivity contribution in [1.82, 2.24) is 0 Å². The summed E-state index contributed by atoms with van der Waals surface area (Å²) in [5, 5.41) is 4.49. The van der Waals surface area contributed by atoms with Gasteiger partial charge in [-0.25, -0.2) is 0 Å². The molecule has 3 heteroatoms. The van der Waals surface area contributed by atoms with Gasteiger partial charge in [0, 0.05) is 25.6 Å². The number of rotatable bonds is 0. The summed E-state index contributed by atoms with van der Waals surface area (Å²) < 4.78 is 0. The summed E-state index contributed by atoms with van der Waals surface area (Å²) in [4.78, 5) is 2.35. The van der Waals surface area contributed by atoms with Crippen molar-refractivity contribution in [2.45, 2.75) is 32.1 Å². The number of fused-ring (bicyclic) bond motifs is 1. The Bertz CT molecular complexity index is 438. The summed E-state index contributed by atoms with van der Waals surface area (Å²) in [5.41, 5.74) is 2.80. The van der Waals surface area contributed by atoms with Gasteiger partial charge in [0.25, 0.3) is 0 Å². The molecular weight excluding hydrogens is 244 g/mol. The zero-order chi connectivity index (χ0) is 12.6. The fraction of sp³-hybridized carbons (Fsp3) is 0.600. The SMILES string of the molecule is CN1CC2(CCCCC2)CNc2cccc(Cl)c21. The molecule has 0 saturated heterocycles. The van der Waals surface area contributed by atoms with Gasteiger partial charge in [-0.05, 0) is 25.0 Å². The number of benzene rings is 1. The highest BCUT2D eigenvalue weighted by Gasteiger charge is 2.36. The maximum Gasteiger partial charge on any atom is 0.0788 e. The summed E-state index contributed by atoms with van der Waals surface area (Å²) in [6.45, 7) is 2.21. The van der Waals surface area contributed by atoms with Crippen LogP contribution >= 0.6 is 11.6 Å². The van der Waals surface area contributed by atoms with Gasteiger partial charge in [-0.1, -0.05) is 36.9 Å². The number of nitrogens with zero attached hydrogens (tertiary/aromatic N) is 1. The number of nitrogens with one attached hydrogen (secondary N) is 1. The number of para-hydroxylation sites is 1. The summed E-state index contributed by atoms with van der Waals surface area (Å²) in [6, 6.07) is 6.15. The van der Waals surface area contributed by atoms with Gasteiger partial charge in [-0.2, -0.15) is 0 Å². The topological polar surface area (TPSA) is 15.3 Å². The first-order valence-electron chi connectivity index (χ1n) is 6.94. The molecule has 1 saturated carbocycles. The highest BCUT2D eigenvalue weighted by molar-refractivity contribution is 6.34. The molecule has 2 aliphatic rings. The number of hydrogen-bond donors (Lipinski definition) is 1. The van der Waals surface area contributed by atoms with E-state index in [-0.39, 0.29) is 0 Å². The third kappa shape index (κ3) is 2.07. The van der Waals surface area contributed by atoms with Crippen LogP contribution in [0.5, 0.6) is 0 Å². The van der Waals surface area contributed by atoms with Crippen LogP contribution < -0.4 is 10.2 Å². The van der Waals surface area contributed by atoms with Crippen LogP contribution in [0, 0.1) is 5.41 Å². The van der Waals surface area contributed by atoms with Crippen molar-refractivity contribution in [2.24, 2.45) is 5.41 Å². The molecule has 1 heterocycles. The predicted molar refractivity (Wildman–Crippen MR) is 78.7 cm³/mol. The molecule has 1 aliphatic carbocycles. The van der Waals surface area contributed by atoms with Gasteiger partial charge in [0.05, 0.1) is 16.4 Å². The fourth-order valence-electron chi connectivity index (χ4n) is 3.60. The standard InChI is InChI=1S/C15H21ClN2/c1-18-11-15(8-3-2-4-9-15)10-17-13-7-5-6-12(16)14(13)18/h5-7,17H,2-4,8-11H2,1H3. The molecule has 98 valence electrons. The lowest BCUT2D eigenvalue weighted by atomic mass is 9.74. The molecule has 0 atom stereocenters. The minimum Gasteiger partial charge on any atom is -0.383 e. The minimum absolute atomic E-state index is 0.440. The van der Waals surface area contributed by atoms with E-state index in [2.05, 4.69) is 23.3 Å². The van der Waals surface area contributed by atoms with Crippen molar-refractivity contribution >= 4 is 23.0 Å². The van der Waals surface area contributed by atoms with Crippen LogP contribution in [0.15, 0.2) is 18.2 Å². The second-order valence-corrected chi connectivity index (χ2v) is 6.31. The van der Waals surface area contributed by atoms with E-state index in [1.165, 1.54) is 43.5 Å². The van der Waals surface area contributed by atoms with Crippen molar-refractivity contribution in [1.29, 1.82) is 0 Å². The van der Waals surface area contributed by atoms with Crippen LogP contribution in [-0.4, -0.2) is 20.1 Å². The molecule has 2 nitrogen and oxygen atoms in total. The third-order valence-electron chi connectivity index (χ3n) is 4.51. The van der Waals surface area contributed by atoms with Crippen LogP contribution in [-0.2, 0) is 0 Å². The first-order chi connectivity index (χ1) is 8.70. The average molecular weight is 265 g/mol. The van der Waals surface area contributed by atoms with Gasteiger partial charge < -0.3 is 10.2 Å². The number of anilines is 2. The molecule has 1 aromatic rings. The van der Waals surface area contributed by atoms with Crippen LogP contribution in [0.2, 0.25) is 5.02 Å². The summed E-state index contributed by atoms with van der Waals surface area (Å²) in [6.07, 6.45) is 6.84. The summed E-state index contributed by atoms with van der Waals surface area (Å²) in [5.74, 6) is 0. The van der Waals surface area contributed by atoms with Gasteiger partial charge in [-0.3, -0.25) is 0 Å². The quantitative estimate of drug-likeness (QED) is 0.757. The monoisotopic (exact) mass is 264 g/mol. The lowest BCUT2D eigenvalue weighted by Gasteiger charge is -2.38. The van der Waals surface area contributed by atoms with E-state index in [0.29, 0.717) is 5.41 Å². The Morgan fingerprint density at radius 1 is 1.22 bits per heavy atom. The smallest absolute Gasteiger partial charge is 0.0788 e. The molecule has 1 aliphatic heterocycles. The van der Waals surface area contributed by atoms with E-state index in [4.69, 9.17) is 11.6 Å².